The Kier molecular flexibility index (Phi) is 1.69. The Hall–Kier alpha value is -1.58. The number of imidazole rings is 1. The van der Waals surface area contributed by atoms with Crippen LogP contribution in [-0.4, -0.2) is 14.5 Å². The first kappa shape index (κ1) is 8.04. The van der Waals surface area contributed by atoms with E-state index in [9.17, 15) is 4.79 Å². The van der Waals surface area contributed by atoms with Crippen molar-refractivity contribution in [1.29, 1.82) is 0 Å². The van der Waals surface area contributed by atoms with Gasteiger partial charge in [0.1, 0.15) is 0 Å². The first-order chi connectivity index (χ1) is 6.22. The zero-order valence-electron chi connectivity index (χ0n) is 7.66. The Labute approximate surface area is 75.2 Å². The quantitative estimate of drug-likeness (QED) is 0.707. The van der Waals surface area contributed by atoms with Crippen molar-refractivity contribution in [2.75, 3.05) is 0 Å². The molecule has 2 aromatic rings. The number of hydrogen-bond acceptors (Lipinski definition) is 2. The minimum atomic E-state index is -0.0874. The zero-order chi connectivity index (χ0) is 9.42. The minimum Gasteiger partial charge on any atom is -0.291 e. The summed E-state index contributed by atoms with van der Waals surface area (Å²) in [7, 11) is 0. The Morgan fingerprint density at radius 2 is 2.38 bits per heavy atom. The fourth-order valence-electron chi connectivity index (χ4n) is 1.45. The van der Waals surface area contributed by atoms with Crippen molar-refractivity contribution in [3.8, 4) is 0 Å². The van der Waals surface area contributed by atoms with Crippen LogP contribution in [0.3, 0.4) is 0 Å². The SMILES string of the molecule is CCn1c(=O)[nH]c2ncc(C)cc21. The van der Waals surface area contributed by atoms with E-state index in [0.717, 1.165) is 11.1 Å². The highest BCUT2D eigenvalue weighted by molar-refractivity contribution is 5.71. The van der Waals surface area contributed by atoms with Crippen LogP contribution in [0.1, 0.15) is 12.5 Å². The lowest BCUT2D eigenvalue weighted by Crippen LogP contribution is -2.14. The van der Waals surface area contributed by atoms with Crippen LogP contribution in [-0.2, 0) is 6.54 Å². The zero-order valence-corrected chi connectivity index (χ0v) is 7.66. The molecule has 0 aromatic carbocycles. The maximum atomic E-state index is 11.3. The molecule has 0 fully saturated rings. The number of aromatic amines is 1. The van der Waals surface area contributed by atoms with Crippen molar-refractivity contribution in [2.45, 2.75) is 20.4 Å². The van der Waals surface area contributed by atoms with E-state index in [0.29, 0.717) is 12.2 Å². The highest BCUT2D eigenvalue weighted by Crippen LogP contribution is 2.08. The maximum Gasteiger partial charge on any atom is 0.327 e. The fourth-order valence-corrected chi connectivity index (χ4v) is 1.45. The molecule has 13 heavy (non-hydrogen) atoms. The van der Waals surface area contributed by atoms with E-state index >= 15 is 0 Å². The number of nitrogens with one attached hydrogen (secondary N) is 1. The molecule has 0 spiro atoms. The summed E-state index contributed by atoms with van der Waals surface area (Å²) >= 11 is 0. The number of rotatable bonds is 1. The second-order valence-corrected chi connectivity index (χ2v) is 3.05. The second-order valence-electron chi connectivity index (χ2n) is 3.05. The van der Waals surface area contributed by atoms with Crippen molar-refractivity contribution in [1.82, 2.24) is 14.5 Å². The summed E-state index contributed by atoms with van der Waals surface area (Å²) in [5.74, 6) is 0. The number of aromatic nitrogens is 3. The minimum absolute atomic E-state index is 0.0874. The van der Waals surface area contributed by atoms with Crippen LogP contribution in [0.4, 0.5) is 0 Å². The Balaban J connectivity index is 2.89. The molecule has 4 nitrogen and oxygen atoms in total. The molecule has 0 saturated carbocycles. The molecule has 2 heterocycles. The lowest BCUT2D eigenvalue weighted by Gasteiger charge is -1.97. The van der Waals surface area contributed by atoms with Gasteiger partial charge in [-0.15, -0.1) is 0 Å². The predicted octanol–water partition coefficient (Wildman–Crippen LogP) is 1.05. The van der Waals surface area contributed by atoms with Crippen LogP contribution >= 0.6 is 0 Å². The Bertz CT molecular complexity index is 495. The van der Waals surface area contributed by atoms with Crippen molar-refractivity contribution >= 4 is 11.2 Å². The van der Waals surface area contributed by atoms with Crippen molar-refractivity contribution in [3.05, 3.63) is 28.3 Å². The third-order valence-electron chi connectivity index (χ3n) is 2.08. The summed E-state index contributed by atoms with van der Waals surface area (Å²) in [6.45, 7) is 4.57. The highest BCUT2D eigenvalue weighted by Gasteiger charge is 2.04. The molecule has 0 saturated heterocycles. The number of nitrogens with zero attached hydrogens (tertiary/aromatic N) is 2. The highest BCUT2D eigenvalue weighted by atomic mass is 16.1. The molecule has 2 rings (SSSR count). The predicted molar refractivity (Wildman–Crippen MR) is 50.8 cm³/mol. The van der Waals surface area contributed by atoms with E-state index < -0.39 is 0 Å². The van der Waals surface area contributed by atoms with E-state index in [2.05, 4.69) is 9.97 Å². The average Bonchev–Trinajstić information content (AvgIpc) is 2.40. The first-order valence-corrected chi connectivity index (χ1v) is 4.27. The summed E-state index contributed by atoms with van der Waals surface area (Å²) in [6.07, 6.45) is 1.75. The van der Waals surface area contributed by atoms with Gasteiger partial charge < -0.3 is 0 Å². The Morgan fingerprint density at radius 3 is 3.08 bits per heavy atom. The number of H-pyrrole nitrogens is 1. The summed E-state index contributed by atoms with van der Waals surface area (Å²) in [4.78, 5) is 18.2. The number of hydrogen-bond donors (Lipinski definition) is 1. The Morgan fingerprint density at radius 1 is 1.62 bits per heavy atom. The van der Waals surface area contributed by atoms with Gasteiger partial charge in [-0.05, 0) is 25.5 Å². The number of pyridine rings is 1. The molecule has 0 aliphatic heterocycles. The lowest BCUT2D eigenvalue weighted by atomic mass is 10.3. The van der Waals surface area contributed by atoms with E-state index in [1.165, 1.54) is 0 Å². The molecule has 0 aliphatic rings. The molecule has 0 atom stereocenters. The molecule has 0 bridgehead atoms. The summed E-state index contributed by atoms with van der Waals surface area (Å²) < 4.78 is 1.68. The van der Waals surface area contributed by atoms with Crippen LogP contribution in [0.15, 0.2) is 17.1 Å². The fraction of sp³-hybridized carbons (Fsp3) is 0.333. The van der Waals surface area contributed by atoms with Crippen LogP contribution in [0.5, 0.6) is 0 Å². The third-order valence-corrected chi connectivity index (χ3v) is 2.08. The monoisotopic (exact) mass is 177 g/mol. The summed E-state index contributed by atoms with van der Waals surface area (Å²) in [5.41, 5.74) is 2.52. The van der Waals surface area contributed by atoms with E-state index in [4.69, 9.17) is 0 Å². The van der Waals surface area contributed by atoms with Crippen molar-refractivity contribution in [2.24, 2.45) is 0 Å². The van der Waals surface area contributed by atoms with Gasteiger partial charge in [0.25, 0.3) is 0 Å². The second kappa shape index (κ2) is 2.73. The van der Waals surface area contributed by atoms with E-state index in [1.807, 2.05) is 19.9 Å². The van der Waals surface area contributed by atoms with Gasteiger partial charge in [-0.3, -0.25) is 9.55 Å². The van der Waals surface area contributed by atoms with E-state index in [1.54, 1.807) is 10.8 Å². The largest absolute Gasteiger partial charge is 0.327 e. The standard InChI is InChI=1S/C9H11N3O/c1-3-12-7-4-6(2)5-10-8(7)11-9(12)13/h4-5H,3H2,1-2H3,(H,10,11,13). The van der Waals surface area contributed by atoms with Gasteiger partial charge >= 0.3 is 5.69 Å². The molecule has 4 heteroatoms. The van der Waals surface area contributed by atoms with Crippen molar-refractivity contribution in [3.63, 3.8) is 0 Å². The molecule has 0 radical (unpaired) electrons. The smallest absolute Gasteiger partial charge is 0.291 e. The van der Waals surface area contributed by atoms with Crippen molar-refractivity contribution < 1.29 is 0 Å². The van der Waals surface area contributed by atoms with E-state index in [-0.39, 0.29) is 5.69 Å². The molecule has 2 aromatic heterocycles. The van der Waals surface area contributed by atoms with Crippen LogP contribution < -0.4 is 5.69 Å². The molecule has 68 valence electrons. The normalized spacial score (nSPS) is 10.9. The van der Waals surface area contributed by atoms with Gasteiger partial charge in [0.15, 0.2) is 5.65 Å². The van der Waals surface area contributed by atoms with Gasteiger partial charge in [0, 0.05) is 12.7 Å². The van der Waals surface area contributed by atoms with Gasteiger partial charge in [0.2, 0.25) is 0 Å². The molecular formula is C9H11N3O. The van der Waals surface area contributed by atoms with Crippen LogP contribution in [0.25, 0.3) is 11.2 Å². The molecule has 1 N–H and O–H groups in total. The van der Waals surface area contributed by atoms with Crippen LogP contribution in [0, 0.1) is 6.92 Å². The molecular weight excluding hydrogens is 166 g/mol. The lowest BCUT2D eigenvalue weighted by molar-refractivity contribution is 0.753. The van der Waals surface area contributed by atoms with Gasteiger partial charge in [-0.1, -0.05) is 0 Å². The van der Waals surface area contributed by atoms with Gasteiger partial charge in [-0.25, -0.2) is 9.78 Å². The molecule has 0 unspecified atom stereocenters. The number of fused-ring (bicyclic) bond motifs is 1. The molecule has 0 aliphatic carbocycles. The maximum absolute atomic E-state index is 11.3. The van der Waals surface area contributed by atoms with Gasteiger partial charge in [-0.2, -0.15) is 0 Å². The topological polar surface area (TPSA) is 50.7 Å². The number of aryl methyl sites for hydroxylation is 2. The first-order valence-electron chi connectivity index (χ1n) is 4.27. The third kappa shape index (κ3) is 1.14. The summed E-state index contributed by atoms with van der Waals surface area (Å²) in [6, 6.07) is 1.96. The molecule has 0 amide bonds. The average molecular weight is 177 g/mol. The summed E-state index contributed by atoms with van der Waals surface area (Å²) in [5, 5.41) is 0. The van der Waals surface area contributed by atoms with Gasteiger partial charge in [0.05, 0.1) is 5.52 Å². The van der Waals surface area contributed by atoms with Crippen LogP contribution in [0.2, 0.25) is 0 Å².